The van der Waals surface area contributed by atoms with E-state index < -0.39 is 18.2 Å². The SMILES string of the molecule is CC[C@H](CC(=O)O)c1ccc([C@@H](OC)C(F)(F)F)c(Nc2ccc(Cl)cc2)c1. The van der Waals surface area contributed by atoms with Crippen molar-refractivity contribution in [3.63, 3.8) is 0 Å². The van der Waals surface area contributed by atoms with Gasteiger partial charge in [0.25, 0.3) is 0 Å². The fourth-order valence-corrected chi connectivity index (χ4v) is 3.13. The number of aliphatic carboxylic acids is 1. The van der Waals surface area contributed by atoms with E-state index in [4.69, 9.17) is 21.4 Å². The lowest BCUT2D eigenvalue weighted by Gasteiger charge is -2.24. The highest BCUT2D eigenvalue weighted by Crippen LogP contribution is 2.41. The van der Waals surface area contributed by atoms with Crippen LogP contribution in [0.5, 0.6) is 0 Å². The number of hydrogen-bond donors (Lipinski definition) is 2. The predicted octanol–water partition coefficient (Wildman–Crippen LogP) is 6.30. The summed E-state index contributed by atoms with van der Waals surface area (Å²) in [5.41, 5.74) is 1.31. The van der Waals surface area contributed by atoms with Gasteiger partial charge in [-0.3, -0.25) is 4.79 Å². The molecule has 8 heteroatoms. The average Bonchev–Trinajstić information content (AvgIpc) is 2.62. The summed E-state index contributed by atoms with van der Waals surface area (Å²) in [6.07, 6.45) is -6.28. The second kappa shape index (κ2) is 9.30. The first-order valence-electron chi connectivity index (χ1n) is 8.63. The van der Waals surface area contributed by atoms with E-state index >= 15 is 0 Å². The van der Waals surface area contributed by atoms with Crippen LogP contribution in [-0.2, 0) is 9.53 Å². The zero-order valence-electron chi connectivity index (χ0n) is 15.4. The summed E-state index contributed by atoms with van der Waals surface area (Å²) >= 11 is 5.86. The van der Waals surface area contributed by atoms with Gasteiger partial charge in [-0.15, -0.1) is 0 Å². The van der Waals surface area contributed by atoms with Crippen molar-refractivity contribution in [2.45, 2.75) is 38.0 Å². The number of benzene rings is 2. The highest BCUT2D eigenvalue weighted by atomic mass is 35.5. The number of carboxylic acid groups (broad SMARTS) is 1. The van der Waals surface area contributed by atoms with Crippen LogP contribution in [0.4, 0.5) is 24.5 Å². The Labute approximate surface area is 166 Å². The van der Waals surface area contributed by atoms with Crippen LogP contribution in [0.15, 0.2) is 42.5 Å². The number of rotatable bonds is 8. The van der Waals surface area contributed by atoms with Crippen molar-refractivity contribution in [1.29, 1.82) is 0 Å². The van der Waals surface area contributed by atoms with Crippen molar-refractivity contribution >= 4 is 28.9 Å². The maximum Gasteiger partial charge on any atom is 0.418 e. The summed E-state index contributed by atoms with van der Waals surface area (Å²) in [5.74, 6) is -1.28. The lowest BCUT2D eigenvalue weighted by Crippen LogP contribution is -2.23. The number of anilines is 2. The predicted molar refractivity (Wildman–Crippen MR) is 102 cm³/mol. The number of ether oxygens (including phenoxy) is 1. The van der Waals surface area contributed by atoms with E-state index in [1.807, 2.05) is 6.92 Å². The van der Waals surface area contributed by atoms with Crippen LogP contribution in [0.25, 0.3) is 0 Å². The molecule has 4 nitrogen and oxygen atoms in total. The maximum absolute atomic E-state index is 13.4. The maximum atomic E-state index is 13.4. The molecular weight excluding hydrogens is 395 g/mol. The Balaban J connectivity index is 2.51. The molecule has 0 aliphatic heterocycles. The zero-order chi connectivity index (χ0) is 20.9. The molecule has 28 heavy (non-hydrogen) atoms. The molecule has 0 saturated heterocycles. The van der Waals surface area contributed by atoms with Crippen LogP contribution in [0.2, 0.25) is 5.02 Å². The first kappa shape index (κ1) is 22.0. The van der Waals surface area contributed by atoms with Gasteiger partial charge in [-0.05, 0) is 48.2 Å². The third-order valence-electron chi connectivity index (χ3n) is 4.40. The third kappa shape index (κ3) is 5.62. The first-order valence-corrected chi connectivity index (χ1v) is 9.01. The molecule has 2 rings (SSSR count). The molecule has 0 fully saturated rings. The van der Waals surface area contributed by atoms with Crippen LogP contribution in [-0.4, -0.2) is 24.4 Å². The van der Waals surface area contributed by atoms with Gasteiger partial charge in [-0.2, -0.15) is 13.2 Å². The van der Waals surface area contributed by atoms with Crippen molar-refractivity contribution in [2.24, 2.45) is 0 Å². The Morgan fingerprint density at radius 2 is 1.86 bits per heavy atom. The van der Waals surface area contributed by atoms with E-state index in [2.05, 4.69) is 5.32 Å². The molecule has 0 saturated carbocycles. The summed E-state index contributed by atoms with van der Waals surface area (Å²) in [7, 11) is 0.997. The van der Waals surface area contributed by atoms with Gasteiger partial charge in [0, 0.05) is 29.1 Å². The van der Waals surface area contributed by atoms with E-state index in [9.17, 15) is 18.0 Å². The van der Waals surface area contributed by atoms with Crippen molar-refractivity contribution in [3.05, 3.63) is 58.6 Å². The smallest absolute Gasteiger partial charge is 0.418 e. The lowest BCUT2D eigenvalue weighted by atomic mass is 9.91. The van der Waals surface area contributed by atoms with Gasteiger partial charge in [0.05, 0.1) is 6.42 Å². The number of carbonyl (C=O) groups is 1. The molecular formula is C20H21ClF3NO3. The van der Waals surface area contributed by atoms with Gasteiger partial charge < -0.3 is 15.2 Å². The number of alkyl halides is 3. The van der Waals surface area contributed by atoms with Crippen molar-refractivity contribution in [1.82, 2.24) is 0 Å². The Morgan fingerprint density at radius 1 is 1.21 bits per heavy atom. The van der Waals surface area contributed by atoms with Crippen molar-refractivity contribution in [2.75, 3.05) is 12.4 Å². The second-order valence-corrected chi connectivity index (χ2v) is 6.78. The van der Waals surface area contributed by atoms with E-state index in [1.54, 1.807) is 30.3 Å². The van der Waals surface area contributed by atoms with Crippen LogP contribution in [0.3, 0.4) is 0 Å². The Bertz CT molecular complexity index is 809. The van der Waals surface area contributed by atoms with Gasteiger partial charge in [-0.1, -0.05) is 30.7 Å². The monoisotopic (exact) mass is 415 g/mol. The second-order valence-electron chi connectivity index (χ2n) is 6.34. The Hall–Kier alpha value is -2.25. The van der Waals surface area contributed by atoms with Gasteiger partial charge in [0.1, 0.15) is 0 Å². The molecule has 0 unspecified atom stereocenters. The van der Waals surface area contributed by atoms with Gasteiger partial charge >= 0.3 is 12.1 Å². The van der Waals surface area contributed by atoms with Crippen molar-refractivity contribution in [3.8, 4) is 0 Å². The Morgan fingerprint density at radius 3 is 2.36 bits per heavy atom. The quantitative estimate of drug-likeness (QED) is 0.531. The number of carboxylic acids is 1. The van der Waals surface area contributed by atoms with E-state index in [0.29, 0.717) is 22.7 Å². The number of methoxy groups -OCH3 is 1. The standard InChI is InChI=1S/C20H21ClF3NO3/c1-3-12(11-18(26)27)13-4-9-16(19(28-2)20(22,23)24)17(10-13)25-15-7-5-14(21)6-8-15/h4-10,12,19,25H,3,11H2,1-2H3,(H,26,27)/t12-,19-/m1/s1. The van der Waals surface area contributed by atoms with Gasteiger partial charge in [-0.25, -0.2) is 0 Å². The molecule has 2 aromatic rings. The molecule has 0 bridgehead atoms. The summed E-state index contributed by atoms with van der Waals surface area (Å²) in [6, 6.07) is 10.9. The van der Waals surface area contributed by atoms with E-state index in [0.717, 1.165) is 7.11 Å². The third-order valence-corrected chi connectivity index (χ3v) is 4.65. The average molecular weight is 416 g/mol. The summed E-state index contributed by atoms with van der Waals surface area (Å²) in [6.45, 7) is 1.83. The minimum atomic E-state index is -4.60. The normalized spacial score (nSPS) is 13.8. The molecule has 152 valence electrons. The van der Waals surface area contributed by atoms with Crippen molar-refractivity contribution < 1.29 is 27.8 Å². The summed E-state index contributed by atoms with van der Waals surface area (Å²) in [5, 5.41) is 12.6. The molecule has 0 radical (unpaired) electrons. The molecule has 0 aromatic heterocycles. The lowest BCUT2D eigenvalue weighted by molar-refractivity contribution is -0.215. The fraction of sp³-hybridized carbons (Fsp3) is 0.350. The molecule has 2 aromatic carbocycles. The van der Waals surface area contributed by atoms with E-state index in [-0.39, 0.29) is 23.6 Å². The molecule has 0 aliphatic rings. The highest BCUT2D eigenvalue weighted by molar-refractivity contribution is 6.30. The molecule has 0 amide bonds. The largest absolute Gasteiger partial charge is 0.481 e. The van der Waals surface area contributed by atoms with E-state index in [1.165, 1.54) is 12.1 Å². The zero-order valence-corrected chi connectivity index (χ0v) is 16.1. The number of hydrogen-bond acceptors (Lipinski definition) is 3. The molecule has 2 N–H and O–H groups in total. The van der Waals surface area contributed by atoms with Crippen LogP contribution < -0.4 is 5.32 Å². The molecule has 0 spiro atoms. The summed E-state index contributed by atoms with van der Waals surface area (Å²) in [4.78, 5) is 11.1. The Kier molecular flexibility index (Phi) is 7.32. The first-order chi connectivity index (χ1) is 13.2. The van der Waals surface area contributed by atoms with Gasteiger partial charge in [0.2, 0.25) is 0 Å². The minimum Gasteiger partial charge on any atom is -0.481 e. The van der Waals surface area contributed by atoms with Crippen LogP contribution >= 0.6 is 11.6 Å². The van der Waals surface area contributed by atoms with Crippen LogP contribution in [0, 0.1) is 0 Å². The van der Waals surface area contributed by atoms with Crippen LogP contribution in [0.1, 0.15) is 42.9 Å². The molecule has 0 aliphatic carbocycles. The fourth-order valence-electron chi connectivity index (χ4n) is 3.00. The molecule has 2 atom stereocenters. The summed E-state index contributed by atoms with van der Waals surface area (Å²) < 4.78 is 45.0. The number of nitrogens with one attached hydrogen (secondary N) is 1. The van der Waals surface area contributed by atoms with Gasteiger partial charge in [0.15, 0.2) is 6.10 Å². The molecule has 0 heterocycles. The highest BCUT2D eigenvalue weighted by Gasteiger charge is 2.42. The minimum absolute atomic E-state index is 0.0844. The number of halogens is 4. The topological polar surface area (TPSA) is 58.6 Å².